The van der Waals surface area contributed by atoms with Crippen molar-refractivity contribution in [3.05, 3.63) is 87.7 Å². The molecule has 0 atom stereocenters. The van der Waals surface area contributed by atoms with Crippen LogP contribution in [-0.2, 0) is 0 Å². The van der Waals surface area contributed by atoms with E-state index in [1.54, 1.807) is 35.9 Å². The minimum absolute atomic E-state index is 0.101. The summed E-state index contributed by atoms with van der Waals surface area (Å²) in [6.45, 7) is 3.94. The Morgan fingerprint density at radius 2 is 1.73 bits per heavy atom. The number of Topliss-reactive ketones (excluding diaryl/α,β-unsaturated/α-hetero) is 1. The van der Waals surface area contributed by atoms with Gasteiger partial charge in [-0.2, -0.15) is 0 Å². The SMILES string of the molecule is COc1ccc(C(=O)CSc2nc3ccccc3c(=O)n2-c2cc(C)ccc2C)cc1OC. The van der Waals surface area contributed by atoms with Crippen molar-refractivity contribution >= 4 is 28.4 Å². The summed E-state index contributed by atoms with van der Waals surface area (Å²) < 4.78 is 12.2. The van der Waals surface area contributed by atoms with Gasteiger partial charge in [-0.1, -0.05) is 36.0 Å². The van der Waals surface area contributed by atoms with Gasteiger partial charge in [0, 0.05) is 5.56 Å². The molecule has 0 aliphatic heterocycles. The van der Waals surface area contributed by atoms with Crippen molar-refractivity contribution in [3.8, 4) is 17.2 Å². The molecule has 0 saturated heterocycles. The molecule has 0 amide bonds. The third-order valence-corrected chi connectivity index (χ3v) is 6.33. The minimum Gasteiger partial charge on any atom is -0.493 e. The monoisotopic (exact) mass is 460 g/mol. The van der Waals surface area contributed by atoms with Crippen LogP contribution in [0.15, 0.2) is 70.6 Å². The van der Waals surface area contributed by atoms with Gasteiger partial charge in [0.15, 0.2) is 22.4 Å². The molecule has 0 fully saturated rings. The van der Waals surface area contributed by atoms with Crippen molar-refractivity contribution in [2.75, 3.05) is 20.0 Å². The van der Waals surface area contributed by atoms with Gasteiger partial charge in [0.2, 0.25) is 0 Å². The molecule has 0 N–H and O–H groups in total. The third-order valence-electron chi connectivity index (χ3n) is 5.39. The van der Waals surface area contributed by atoms with Crippen LogP contribution in [-0.4, -0.2) is 35.3 Å². The first-order valence-corrected chi connectivity index (χ1v) is 11.4. The molecule has 0 spiro atoms. The van der Waals surface area contributed by atoms with E-state index in [4.69, 9.17) is 14.5 Å². The Hall–Kier alpha value is -3.58. The van der Waals surface area contributed by atoms with Crippen molar-refractivity contribution in [3.63, 3.8) is 0 Å². The van der Waals surface area contributed by atoms with E-state index in [-0.39, 0.29) is 17.1 Å². The average Bonchev–Trinajstić information content (AvgIpc) is 2.84. The Labute approximate surface area is 196 Å². The second kappa shape index (κ2) is 9.50. The van der Waals surface area contributed by atoms with Crippen LogP contribution < -0.4 is 15.0 Å². The lowest BCUT2D eigenvalue weighted by molar-refractivity contribution is 0.102. The normalized spacial score (nSPS) is 10.9. The number of hydrogen-bond donors (Lipinski definition) is 0. The second-order valence-corrected chi connectivity index (χ2v) is 8.57. The minimum atomic E-state index is -0.157. The van der Waals surface area contributed by atoms with Crippen LogP contribution in [0, 0.1) is 13.8 Å². The molecule has 3 aromatic carbocycles. The third kappa shape index (κ3) is 4.50. The Morgan fingerprint density at radius 1 is 0.970 bits per heavy atom. The van der Waals surface area contributed by atoms with Crippen molar-refractivity contribution in [2.45, 2.75) is 19.0 Å². The Kier molecular flexibility index (Phi) is 6.51. The number of benzene rings is 3. The maximum atomic E-state index is 13.5. The van der Waals surface area contributed by atoms with Crippen molar-refractivity contribution in [2.24, 2.45) is 0 Å². The number of aromatic nitrogens is 2. The number of carbonyl (C=O) groups excluding carboxylic acids is 1. The van der Waals surface area contributed by atoms with Gasteiger partial charge in [-0.3, -0.25) is 14.2 Å². The molecule has 0 saturated carbocycles. The maximum Gasteiger partial charge on any atom is 0.266 e. The molecule has 1 aromatic heterocycles. The summed E-state index contributed by atoms with van der Waals surface area (Å²) in [7, 11) is 3.08. The van der Waals surface area contributed by atoms with Crippen LogP contribution in [0.4, 0.5) is 0 Å². The van der Waals surface area contributed by atoms with Crippen molar-refractivity contribution < 1.29 is 14.3 Å². The Bertz CT molecular complexity index is 1410. The number of methoxy groups -OCH3 is 2. The average molecular weight is 461 g/mol. The van der Waals surface area contributed by atoms with E-state index < -0.39 is 0 Å². The van der Waals surface area contributed by atoms with E-state index in [1.807, 2.05) is 50.2 Å². The highest BCUT2D eigenvalue weighted by atomic mass is 32.2. The lowest BCUT2D eigenvalue weighted by atomic mass is 10.1. The molecule has 1 heterocycles. The maximum absolute atomic E-state index is 13.5. The number of aryl methyl sites for hydroxylation is 2. The van der Waals surface area contributed by atoms with E-state index in [9.17, 15) is 9.59 Å². The van der Waals surface area contributed by atoms with Gasteiger partial charge in [0.05, 0.1) is 36.6 Å². The summed E-state index contributed by atoms with van der Waals surface area (Å²) in [6.07, 6.45) is 0. The number of rotatable bonds is 7. The van der Waals surface area contributed by atoms with Gasteiger partial charge in [0.25, 0.3) is 5.56 Å². The summed E-state index contributed by atoms with van der Waals surface area (Å²) in [4.78, 5) is 31.2. The van der Waals surface area contributed by atoms with Gasteiger partial charge in [0.1, 0.15) is 0 Å². The van der Waals surface area contributed by atoms with Crippen LogP contribution >= 0.6 is 11.8 Å². The number of hydrogen-bond acceptors (Lipinski definition) is 6. The molecule has 0 bridgehead atoms. The van der Waals surface area contributed by atoms with Gasteiger partial charge >= 0.3 is 0 Å². The summed E-state index contributed by atoms with van der Waals surface area (Å²) in [5, 5.41) is 1.01. The zero-order valence-electron chi connectivity index (χ0n) is 18.9. The Morgan fingerprint density at radius 3 is 2.48 bits per heavy atom. The number of ketones is 1. The molecular formula is C26H24N2O4S. The van der Waals surface area contributed by atoms with Gasteiger partial charge in [-0.15, -0.1) is 0 Å². The fourth-order valence-corrected chi connectivity index (χ4v) is 4.51. The predicted molar refractivity (Wildman–Crippen MR) is 131 cm³/mol. The lowest BCUT2D eigenvalue weighted by Crippen LogP contribution is -2.23. The van der Waals surface area contributed by atoms with E-state index in [0.29, 0.717) is 33.1 Å². The number of para-hydroxylation sites is 1. The number of nitrogens with zero attached hydrogens (tertiary/aromatic N) is 2. The highest BCUT2D eigenvalue weighted by Crippen LogP contribution is 2.29. The highest BCUT2D eigenvalue weighted by molar-refractivity contribution is 7.99. The standard InChI is InChI=1S/C26H24N2O4S/c1-16-9-10-17(2)21(13-16)28-25(30)19-7-5-6-8-20(19)27-26(28)33-15-22(29)18-11-12-23(31-3)24(14-18)32-4/h5-14H,15H2,1-4H3. The van der Waals surface area contributed by atoms with Gasteiger partial charge in [-0.05, 0) is 61.4 Å². The summed E-state index contributed by atoms with van der Waals surface area (Å²) in [6, 6.07) is 18.3. The van der Waals surface area contributed by atoms with Gasteiger partial charge in [-0.25, -0.2) is 4.98 Å². The fourth-order valence-electron chi connectivity index (χ4n) is 3.61. The predicted octanol–water partition coefficient (Wildman–Crippen LogP) is 4.99. The number of carbonyl (C=O) groups is 1. The summed E-state index contributed by atoms with van der Waals surface area (Å²) >= 11 is 1.24. The fraction of sp³-hybridized carbons (Fsp3) is 0.192. The number of fused-ring (bicyclic) bond motifs is 1. The van der Waals surface area contributed by atoms with Crippen LogP contribution in [0.1, 0.15) is 21.5 Å². The quantitative estimate of drug-likeness (QED) is 0.220. The van der Waals surface area contributed by atoms with E-state index in [0.717, 1.165) is 16.8 Å². The molecule has 4 rings (SSSR count). The van der Waals surface area contributed by atoms with Gasteiger partial charge < -0.3 is 9.47 Å². The molecule has 33 heavy (non-hydrogen) atoms. The smallest absolute Gasteiger partial charge is 0.266 e. The molecule has 0 aliphatic rings. The van der Waals surface area contributed by atoms with Crippen molar-refractivity contribution in [1.29, 1.82) is 0 Å². The first kappa shape index (κ1) is 22.6. The topological polar surface area (TPSA) is 70.4 Å². The highest BCUT2D eigenvalue weighted by Gasteiger charge is 2.17. The number of ether oxygens (including phenoxy) is 2. The molecule has 168 valence electrons. The molecule has 0 radical (unpaired) electrons. The van der Waals surface area contributed by atoms with Crippen LogP contribution in [0.2, 0.25) is 0 Å². The first-order valence-electron chi connectivity index (χ1n) is 10.4. The van der Waals surface area contributed by atoms with Crippen molar-refractivity contribution in [1.82, 2.24) is 9.55 Å². The summed E-state index contributed by atoms with van der Waals surface area (Å²) in [5.74, 6) is 1.06. The molecule has 6 nitrogen and oxygen atoms in total. The Balaban J connectivity index is 1.75. The van der Waals surface area contributed by atoms with E-state index >= 15 is 0 Å². The van der Waals surface area contributed by atoms with E-state index in [2.05, 4.69) is 0 Å². The molecule has 7 heteroatoms. The zero-order chi connectivity index (χ0) is 23.5. The van der Waals surface area contributed by atoms with Crippen LogP contribution in [0.25, 0.3) is 16.6 Å². The largest absolute Gasteiger partial charge is 0.493 e. The van der Waals surface area contributed by atoms with Crippen LogP contribution in [0.5, 0.6) is 11.5 Å². The molecular weight excluding hydrogens is 436 g/mol. The second-order valence-electron chi connectivity index (χ2n) is 7.62. The zero-order valence-corrected chi connectivity index (χ0v) is 19.7. The van der Waals surface area contributed by atoms with Crippen LogP contribution in [0.3, 0.4) is 0 Å². The number of thioether (sulfide) groups is 1. The summed E-state index contributed by atoms with van der Waals surface area (Å²) in [5.41, 5.74) is 3.70. The molecule has 0 unspecified atom stereocenters. The first-order chi connectivity index (χ1) is 15.9. The molecule has 4 aromatic rings. The lowest BCUT2D eigenvalue weighted by Gasteiger charge is -2.16. The molecule has 0 aliphatic carbocycles. The van der Waals surface area contributed by atoms with E-state index in [1.165, 1.54) is 18.9 Å².